The average Bonchev–Trinajstić information content (AvgIpc) is 2.75. The number of amides is 1. The Morgan fingerprint density at radius 1 is 0.857 bits per heavy atom. The third-order valence-electron chi connectivity index (χ3n) is 4.72. The van der Waals surface area contributed by atoms with Gasteiger partial charge in [-0.3, -0.25) is 4.79 Å². The predicted octanol–water partition coefficient (Wildman–Crippen LogP) is 4.37. The number of nitrogens with two attached hydrogens (primary N) is 1. The van der Waals surface area contributed by atoms with Gasteiger partial charge >= 0.3 is 0 Å². The van der Waals surface area contributed by atoms with E-state index in [1.165, 1.54) is 11.1 Å². The molecule has 144 valence electrons. The monoisotopic (exact) mass is 390 g/mol. The maximum Gasteiger partial charge on any atom is 0.253 e. The Hall–Kier alpha value is -2.56. The first kappa shape index (κ1) is 20.2. The molecule has 4 heteroatoms. The van der Waals surface area contributed by atoms with Crippen LogP contribution in [0.1, 0.15) is 27.0 Å². The summed E-state index contributed by atoms with van der Waals surface area (Å²) >= 11 is 1.81. The molecule has 1 amide bonds. The molecule has 0 unspecified atom stereocenters. The Labute approximate surface area is 171 Å². The molecule has 3 nitrogen and oxygen atoms in total. The molecule has 0 fully saturated rings. The first-order chi connectivity index (χ1) is 13.6. The second kappa shape index (κ2) is 9.09. The molecule has 0 aliphatic heterocycles. The predicted molar refractivity (Wildman–Crippen MR) is 119 cm³/mol. The van der Waals surface area contributed by atoms with Crippen molar-refractivity contribution >= 4 is 17.7 Å². The summed E-state index contributed by atoms with van der Waals surface area (Å²) in [6.45, 7) is 0.586. The van der Waals surface area contributed by atoms with Crippen LogP contribution in [-0.4, -0.2) is 37.2 Å². The van der Waals surface area contributed by atoms with Gasteiger partial charge in [-0.05, 0) is 28.8 Å². The molecule has 0 heterocycles. The van der Waals surface area contributed by atoms with Crippen molar-refractivity contribution in [3.05, 3.63) is 107 Å². The first-order valence-corrected chi connectivity index (χ1v) is 10.4. The number of nitrogens with zero attached hydrogens (tertiary/aromatic N) is 1. The van der Waals surface area contributed by atoms with Gasteiger partial charge < -0.3 is 10.6 Å². The van der Waals surface area contributed by atoms with Gasteiger partial charge in [0.2, 0.25) is 0 Å². The molecule has 3 aromatic rings. The van der Waals surface area contributed by atoms with E-state index >= 15 is 0 Å². The van der Waals surface area contributed by atoms with E-state index in [0.717, 1.165) is 11.3 Å². The Morgan fingerprint density at radius 2 is 1.39 bits per heavy atom. The van der Waals surface area contributed by atoms with E-state index < -0.39 is 4.75 Å². The minimum absolute atomic E-state index is 0.000646. The Kier molecular flexibility index (Phi) is 6.55. The molecular formula is C24H26N2OS. The zero-order valence-electron chi connectivity index (χ0n) is 16.3. The minimum atomic E-state index is -0.440. The van der Waals surface area contributed by atoms with Gasteiger partial charge in [-0.15, -0.1) is 11.8 Å². The van der Waals surface area contributed by atoms with E-state index in [1.54, 1.807) is 19.0 Å². The number of carbonyl (C=O) groups excluding carboxylic acids is 1. The van der Waals surface area contributed by atoms with Gasteiger partial charge in [-0.1, -0.05) is 72.8 Å². The van der Waals surface area contributed by atoms with E-state index in [-0.39, 0.29) is 5.91 Å². The maximum atomic E-state index is 12.6. The molecular weight excluding hydrogens is 364 g/mol. The van der Waals surface area contributed by atoms with Crippen molar-refractivity contribution in [2.75, 3.05) is 26.4 Å². The highest BCUT2D eigenvalue weighted by atomic mass is 32.2. The van der Waals surface area contributed by atoms with Crippen LogP contribution in [0.5, 0.6) is 0 Å². The van der Waals surface area contributed by atoms with E-state index in [0.29, 0.717) is 12.1 Å². The summed E-state index contributed by atoms with van der Waals surface area (Å²) < 4.78 is -0.440. The van der Waals surface area contributed by atoms with E-state index in [1.807, 2.05) is 42.1 Å². The van der Waals surface area contributed by atoms with Gasteiger partial charge in [-0.2, -0.15) is 0 Å². The number of hydrogen-bond acceptors (Lipinski definition) is 3. The van der Waals surface area contributed by atoms with E-state index in [2.05, 4.69) is 54.6 Å². The van der Waals surface area contributed by atoms with E-state index in [4.69, 9.17) is 5.73 Å². The second-order valence-electron chi connectivity index (χ2n) is 6.83. The lowest BCUT2D eigenvalue weighted by atomic mass is 9.83. The largest absolute Gasteiger partial charge is 0.345 e. The van der Waals surface area contributed by atoms with Crippen LogP contribution in [0.15, 0.2) is 84.9 Å². The molecule has 3 rings (SSSR count). The summed E-state index contributed by atoms with van der Waals surface area (Å²) in [5.74, 6) is 0.802. The van der Waals surface area contributed by atoms with Crippen LogP contribution < -0.4 is 5.73 Å². The number of rotatable bonds is 7. The molecule has 3 aromatic carbocycles. The van der Waals surface area contributed by atoms with Gasteiger partial charge in [0.1, 0.15) is 0 Å². The number of carbonyl (C=O) groups is 1. The lowest BCUT2D eigenvalue weighted by Gasteiger charge is -2.35. The quantitative estimate of drug-likeness (QED) is 0.609. The summed E-state index contributed by atoms with van der Waals surface area (Å²) in [6.07, 6.45) is 0. The molecule has 0 bridgehead atoms. The lowest BCUT2D eigenvalue weighted by Crippen LogP contribution is -2.28. The zero-order valence-corrected chi connectivity index (χ0v) is 17.2. The average molecular weight is 391 g/mol. The topological polar surface area (TPSA) is 46.3 Å². The normalized spacial score (nSPS) is 11.2. The summed E-state index contributed by atoms with van der Waals surface area (Å²) in [5, 5.41) is 0. The third-order valence-corrected chi connectivity index (χ3v) is 6.30. The fourth-order valence-corrected chi connectivity index (χ4v) is 4.76. The highest BCUT2D eigenvalue weighted by molar-refractivity contribution is 8.00. The Balaban J connectivity index is 2.27. The van der Waals surface area contributed by atoms with Gasteiger partial charge in [0, 0.05) is 32.0 Å². The fourth-order valence-electron chi connectivity index (χ4n) is 3.44. The van der Waals surface area contributed by atoms with Crippen LogP contribution in [0.4, 0.5) is 0 Å². The van der Waals surface area contributed by atoms with Crippen LogP contribution >= 0.6 is 11.8 Å². The zero-order chi connectivity index (χ0) is 20.0. The Bertz CT molecular complexity index is 871. The van der Waals surface area contributed by atoms with Crippen LogP contribution in [0, 0.1) is 0 Å². The number of thioether (sulfide) groups is 1. The van der Waals surface area contributed by atoms with Crippen molar-refractivity contribution in [2.24, 2.45) is 5.73 Å². The highest BCUT2D eigenvalue weighted by Gasteiger charge is 2.37. The summed E-state index contributed by atoms with van der Waals surface area (Å²) in [5.41, 5.74) is 10.0. The summed E-state index contributed by atoms with van der Waals surface area (Å²) in [7, 11) is 3.56. The highest BCUT2D eigenvalue weighted by Crippen LogP contribution is 2.48. The van der Waals surface area contributed by atoms with Gasteiger partial charge in [0.05, 0.1) is 4.75 Å². The molecule has 0 saturated heterocycles. The third kappa shape index (κ3) is 3.98. The van der Waals surface area contributed by atoms with Gasteiger partial charge in [0.15, 0.2) is 0 Å². The molecule has 0 aromatic heterocycles. The van der Waals surface area contributed by atoms with Crippen LogP contribution in [0.3, 0.4) is 0 Å². The summed E-state index contributed by atoms with van der Waals surface area (Å²) in [4.78, 5) is 14.2. The molecule has 0 radical (unpaired) electrons. The molecule has 0 spiro atoms. The van der Waals surface area contributed by atoms with E-state index in [9.17, 15) is 4.79 Å². The minimum Gasteiger partial charge on any atom is -0.345 e. The van der Waals surface area contributed by atoms with Gasteiger partial charge in [-0.25, -0.2) is 0 Å². The fraction of sp³-hybridized carbons (Fsp3) is 0.208. The Morgan fingerprint density at radius 3 is 1.89 bits per heavy atom. The number of hydrogen-bond donors (Lipinski definition) is 1. The van der Waals surface area contributed by atoms with Crippen molar-refractivity contribution in [2.45, 2.75) is 4.75 Å². The van der Waals surface area contributed by atoms with Crippen LogP contribution in [0.25, 0.3) is 0 Å². The maximum absolute atomic E-state index is 12.6. The van der Waals surface area contributed by atoms with Crippen molar-refractivity contribution in [3.63, 3.8) is 0 Å². The molecule has 0 atom stereocenters. The van der Waals surface area contributed by atoms with Crippen LogP contribution in [-0.2, 0) is 4.75 Å². The van der Waals surface area contributed by atoms with Crippen molar-refractivity contribution < 1.29 is 4.79 Å². The summed E-state index contributed by atoms with van der Waals surface area (Å²) in [6, 6.07) is 28.9. The van der Waals surface area contributed by atoms with Crippen molar-refractivity contribution in [1.29, 1.82) is 0 Å². The molecule has 2 N–H and O–H groups in total. The second-order valence-corrected chi connectivity index (χ2v) is 8.14. The molecule has 0 saturated carbocycles. The standard InChI is InChI=1S/C24H26N2OS/c1-26(2)23(27)19-10-9-15-22(18-19)24(28-17-16-25,20-11-5-3-6-12-20)21-13-7-4-8-14-21/h3-15,18H,16-17,25H2,1-2H3. The van der Waals surface area contributed by atoms with Crippen molar-refractivity contribution in [1.82, 2.24) is 4.90 Å². The molecule has 0 aliphatic carbocycles. The van der Waals surface area contributed by atoms with Gasteiger partial charge in [0.25, 0.3) is 5.91 Å². The van der Waals surface area contributed by atoms with Crippen LogP contribution in [0.2, 0.25) is 0 Å². The molecule has 28 heavy (non-hydrogen) atoms. The number of benzene rings is 3. The SMILES string of the molecule is CN(C)C(=O)c1cccc(C(SCCN)(c2ccccc2)c2ccccc2)c1. The smallest absolute Gasteiger partial charge is 0.253 e. The molecule has 0 aliphatic rings. The van der Waals surface area contributed by atoms with Crippen molar-refractivity contribution in [3.8, 4) is 0 Å². The first-order valence-electron chi connectivity index (χ1n) is 9.37. The lowest BCUT2D eigenvalue weighted by molar-refractivity contribution is 0.0827.